The molecule has 2 aliphatic heterocycles. The van der Waals surface area contributed by atoms with Crippen LogP contribution in [0.15, 0.2) is 124 Å². The highest BCUT2D eigenvalue weighted by Crippen LogP contribution is 2.57. The van der Waals surface area contributed by atoms with Crippen LogP contribution >= 0.6 is 0 Å². The Morgan fingerprint density at radius 1 is 0.436 bits per heavy atom. The Morgan fingerprint density at radius 3 is 1.53 bits per heavy atom. The van der Waals surface area contributed by atoms with E-state index in [-0.39, 0.29) is 44.6 Å². The Morgan fingerprint density at radius 2 is 0.936 bits per heavy atom. The van der Waals surface area contributed by atoms with Crippen LogP contribution < -0.4 is 26.4 Å². The zero-order chi connectivity index (χ0) is 54.8. The van der Waals surface area contributed by atoms with Gasteiger partial charge in [-0.1, -0.05) is 146 Å². The smallest absolute Gasteiger partial charge is 0.297 e. The third-order valence-corrected chi connectivity index (χ3v) is 20.6. The summed E-state index contributed by atoms with van der Waals surface area (Å²) in [5.74, 6) is 0. The van der Waals surface area contributed by atoms with Crippen molar-refractivity contribution in [2.75, 3.05) is 9.80 Å². The Labute approximate surface area is 464 Å². The summed E-state index contributed by atoms with van der Waals surface area (Å²) in [7, 11) is 0. The summed E-state index contributed by atoms with van der Waals surface area (Å²) in [5.41, 5.74) is 27.4. The molecular formula is C73H79BN2O2. The Hall–Kier alpha value is -6.46. The first-order chi connectivity index (χ1) is 36.6. The van der Waals surface area contributed by atoms with E-state index in [1.807, 2.05) is 0 Å². The fourth-order valence-corrected chi connectivity index (χ4v) is 15.3. The first kappa shape index (κ1) is 49.8. The molecule has 7 aromatic carbocycles. The highest BCUT2D eigenvalue weighted by molar-refractivity contribution is 7.00. The van der Waals surface area contributed by atoms with E-state index >= 15 is 0 Å². The first-order valence-electron chi connectivity index (χ1n) is 29.4. The van der Waals surface area contributed by atoms with Crippen molar-refractivity contribution in [3.8, 4) is 11.1 Å². The van der Waals surface area contributed by atoms with Gasteiger partial charge in [0.1, 0.15) is 16.7 Å². The third-order valence-electron chi connectivity index (χ3n) is 20.6. The van der Waals surface area contributed by atoms with Gasteiger partial charge in [-0.05, 0) is 217 Å². The second-order valence-corrected chi connectivity index (χ2v) is 29.8. The van der Waals surface area contributed by atoms with Crippen LogP contribution in [0, 0.1) is 6.92 Å². The van der Waals surface area contributed by atoms with Gasteiger partial charge < -0.3 is 18.6 Å². The number of hydrogen-bond acceptors (Lipinski definition) is 4. The molecular weight excluding hydrogens is 948 g/mol. The van der Waals surface area contributed by atoms with Gasteiger partial charge in [0.15, 0.2) is 0 Å². The third kappa shape index (κ3) is 7.10. The van der Waals surface area contributed by atoms with Crippen LogP contribution in [0.3, 0.4) is 0 Å². The van der Waals surface area contributed by atoms with Crippen molar-refractivity contribution in [1.29, 1.82) is 0 Å². The molecule has 0 N–H and O–H groups in total. The highest BCUT2D eigenvalue weighted by Gasteiger charge is 2.51. The predicted octanol–water partition coefficient (Wildman–Crippen LogP) is 18.7. The van der Waals surface area contributed by atoms with Crippen molar-refractivity contribution >= 4 is 90.3 Å². The molecule has 0 atom stereocenters. The van der Waals surface area contributed by atoms with E-state index in [2.05, 4.69) is 236 Å². The van der Waals surface area contributed by atoms with E-state index in [4.69, 9.17) is 8.83 Å². The number of furan rings is 2. The fourth-order valence-electron chi connectivity index (χ4n) is 15.3. The molecule has 3 aliphatic carbocycles. The second kappa shape index (κ2) is 15.9. The van der Waals surface area contributed by atoms with Gasteiger partial charge in [-0.15, -0.1) is 0 Å². The number of aryl methyl sites for hydroxylation is 1. The van der Waals surface area contributed by atoms with Gasteiger partial charge in [0.2, 0.25) is 0 Å². The van der Waals surface area contributed by atoms with Crippen molar-refractivity contribution in [3.05, 3.63) is 160 Å². The van der Waals surface area contributed by atoms with Crippen LogP contribution in [0.1, 0.15) is 187 Å². The lowest BCUT2D eigenvalue weighted by Crippen LogP contribution is -2.61. The molecule has 4 heterocycles. The Kier molecular flexibility index (Phi) is 10.1. The number of nitrogens with zero attached hydrogens (tertiary/aromatic N) is 2. The van der Waals surface area contributed by atoms with Crippen LogP contribution in [0.5, 0.6) is 0 Å². The van der Waals surface area contributed by atoms with Crippen LogP contribution in [0.2, 0.25) is 0 Å². The summed E-state index contributed by atoms with van der Waals surface area (Å²) in [4.78, 5) is 5.33. The van der Waals surface area contributed by atoms with Gasteiger partial charge in [0, 0.05) is 44.5 Å². The second-order valence-electron chi connectivity index (χ2n) is 29.8. The summed E-state index contributed by atoms with van der Waals surface area (Å²) in [6.45, 7) is 38.7. The standard InChI is InChI=1S/C73H79BN2O2/c1-42-32-59-64-60(33-42)76(57-39-53-50(68(5,6)26-29-71(53,11)12)36-46(57)43-20-18-17-19-21-43)58-40-54-52(70(9,10)28-30-72(54,13)14)38-56(58)74(64)66-65(49-37-51-55(41-63(49)78-66)73(15,16)31-27-69(51,7)8)75(59)45-23-25-62-48(35-45)47-34-44(67(2,3)4)22-24-61(47)77-62/h17-25,32-41H,26-31H2,1-16H3. The summed E-state index contributed by atoms with van der Waals surface area (Å²) in [6.07, 6.45) is 6.85. The molecule has 396 valence electrons. The molecule has 4 nitrogen and oxygen atoms in total. The summed E-state index contributed by atoms with van der Waals surface area (Å²) in [5, 5.41) is 3.46. The van der Waals surface area contributed by atoms with E-state index in [9.17, 15) is 0 Å². The number of rotatable bonds is 3. The van der Waals surface area contributed by atoms with Crippen LogP contribution in [0.25, 0.3) is 44.0 Å². The SMILES string of the molecule is Cc1cc2c3c(c1)N(c1ccc4oc5ccc(C(C)(C)C)cc5c4c1)c1c(oc4cc5c(cc14)C(C)(C)CCC5(C)C)B3c1cc3c(cc1N2c1cc2c(cc1-c1ccccc1)C(C)(C)CCC2(C)C)C(C)(C)CCC3(C)C. The maximum Gasteiger partial charge on any atom is 0.297 e. The average Bonchev–Trinajstić information content (AvgIpc) is 3.79. The van der Waals surface area contributed by atoms with Crippen LogP contribution in [-0.4, -0.2) is 6.71 Å². The summed E-state index contributed by atoms with van der Waals surface area (Å²) < 4.78 is 14.5. The van der Waals surface area contributed by atoms with E-state index < -0.39 is 0 Å². The maximum atomic E-state index is 7.82. The molecule has 0 saturated carbocycles. The van der Waals surface area contributed by atoms with Crippen molar-refractivity contribution in [3.63, 3.8) is 0 Å². The zero-order valence-electron chi connectivity index (χ0n) is 49.5. The topological polar surface area (TPSA) is 32.8 Å². The van der Waals surface area contributed by atoms with Crippen LogP contribution in [-0.2, 0) is 37.9 Å². The number of fused-ring (bicyclic) bond motifs is 12. The number of hydrogen-bond donors (Lipinski definition) is 0. The van der Waals surface area contributed by atoms with Crippen molar-refractivity contribution in [2.24, 2.45) is 0 Å². The maximum absolute atomic E-state index is 7.82. The Balaban J connectivity index is 1.14. The summed E-state index contributed by atoms with van der Waals surface area (Å²) >= 11 is 0. The molecule has 78 heavy (non-hydrogen) atoms. The van der Waals surface area contributed by atoms with Gasteiger partial charge in [-0.25, -0.2) is 0 Å². The van der Waals surface area contributed by atoms with Crippen molar-refractivity contribution < 1.29 is 8.83 Å². The van der Waals surface area contributed by atoms with Crippen LogP contribution in [0.4, 0.5) is 34.1 Å². The minimum absolute atomic E-state index is 0.00427. The molecule has 14 rings (SSSR count). The van der Waals surface area contributed by atoms with Crippen molar-refractivity contribution in [2.45, 2.75) is 187 Å². The molecule has 5 heteroatoms. The lowest BCUT2D eigenvalue weighted by Gasteiger charge is -2.47. The molecule has 5 aliphatic rings. The van der Waals surface area contributed by atoms with Gasteiger partial charge in [-0.2, -0.15) is 0 Å². The van der Waals surface area contributed by atoms with Gasteiger partial charge >= 0.3 is 0 Å². The molecule has 0 amide bonds. The van der Waals surface area contributed by atoms with Crippen molar-refractivity contribution in [1.82, 2.24) is 0 Å². The minimum atomic E-state index is -0.175. The van der Waals surface area contributed by atoms with E-state index in [1.54, 1.807) is 0 Å². The van der Waals surface area contributed by atoms with E-state index in [1.165, 1.54) is 94.7 Å². The zero-order valence-corrected chi connectivity index (χ0v) is 49.5. The molecule has 0 unspecified atom stereocenters. The first-order valence-corrected chi connectivity index (χ1v) is 29.4. The van der Waals surface area contributed by atoms with Gasteiger partial charge in [0.05, 0.1) is 17.0 Å². The molecule has 0 bridgehead atoms. The lowest BCUT2D eigenvalue weighted by atomic mass is 9.35. The average molecular weight is 1030 g/mol. The fraction of sp³-hybridized carbons (Fsp3) is 0.397. The predicted molar refractivity (Wildman–Crippen MR) is 332 cm³/mol. The van der Waals surface area contributed by atoms with E-state index in [0.29, 0.717) is 0 Å². The minimum Gasteiger partial charge on any atom is -0.468 e. The molecule has 0 saturated heterocycles. The Bertz CT molecular complexity index is 4050. The normalized spacial score (nSPS) is 19.8. The molecule has 9 aromatic rings. The van der Waals surface area contributed by atoms with E-state index in [0.717, 1.165) is 83.1 Å². The number of benzene rings is 7. The van der Waals surface area contributed by atoms with Gasteiger partial charge in [-0.3, -0.25) is 0 Å². The molecule has 0 radical (unpaired) electrons. The van der Waals surface area contributed by atoms with Gasteiger partial charge in [0.25, 0.3) is 6.71 Å². The molecule has 0 fully saturated rings. The lowest BCUT2D eigenvalue weighted by molar-refractivity contribution is 0.332. The quantitative estimate of drug-likeness (QED) is 0.165. The molecule has 2 aromatic heterocycles. The number of anilines is 6. The highest BCUT2D eigenvalue weighted by atomic mass is 16.3. The monoisotopic (exact) mass is 1030 g/mol. The summed E-state index contributed by atoms with van der Waals surface area (Å²) in [6, 6.07) is 45.5. The molecule has 0 spiro atoms. The largest absolute Gasteiger partial charge is 0.468 e.